The molecular formula is C29H40FN5O3. The van der Waals surface area contributed by atoms with Crippen molar-refractivity contribution < 1.29 is 18.8 Å². The first kappa shape index (κ1) is 29.3. The molecule has 38 heavy (non-hydrogen) atoms. The summed E-state index contributed by atoms with van der Waals surface area (Å²) in [5.74, 6) is -0.522. The van der Waals surface area contributed by atoms with Gasteiger partial charge in [0.2, 0.25) is 17.7 Å². The second-order valence-electron chi connectivity index (χ2n) is 9.90. The van der Waals surface area contributed by atoms with E-state index in [1.807, 2.05) is 24.3 Å². The maximum atomic E-state index is 13.5. The highest BCUT2D eigenvalue weighted by Gasteiger charge is 2.25. The van der Waals surface area contributed by atoms with Crippen molar-refractivity contribution in [1.82, 2.24) is 15.1 Å². The van der Waals surface area contributed by atoms with Crippen LogP contribution in [-0.2, 0) is 27.5 Å². The van der Waals surface area contributed by atoms with Gasteiger partial charge in [-0.05, 0) is 55.0 Å². The minimum absolute atomic E-state index is 0.0458. The summed E-state index contributed by atoms with van der Waals surface area (Å²) >= 11 is 0. The number of para-hydroxylation sites is 1. The number of hydrogen-bond acceptors (Lipinski definition) is 5. The Kier molecular flexibility index (Phi) is 11.2. The zero-order chi connectivity index (χ0) is 27.5. The van der Waals surface area contributed by atoms with Crippen LogP contribution in [0.3, 0.4) is 0 Å². The minimum Gasteiger partial charge on any atom is -0.356 e. The summed E-state index contributed by atoms with van der Waals surface area (Å²) in [6.45, 7) is 6.96. The maximum absolute atomic E-state index is 13.5. The average Bonchev–Trinajstić information content (AvgIpc) is 2.92. The molecule has 1 aliphatic heterocycles. The van der Waals surface area contributed by atoms with Crippen LogP contribution in [0.1, 0.15) is 50.7 Å². The molecule has 0 fully saturated rings. The number of benzene rings is 2. The van der Waals surface area contributed by atoms with Gasteiger partial charge in [-0.25, -0.2) is 4.39 Å². The van der Waals surface area contributed by atoms with Crippen molar-refractivity contribution in [1.29, 1.82) is 0 Å². The summed E-state index contributed by atoms with van der Waals surface area (Å²) in [7, 11) is 0. The Morgan fingerprint density at radius 1 is 0.974 bits per heavy atom. The topological polar surface area (TPSA) is 99.0 Å². The Hall–Kier alpha value is -3.30. The number of halogens is 1. The molecule has 0 saturated carbocycles. The lowest BCUT2D eigenvalue weighted by Crippen LogP contribution is -2.46. The predicted octanol–water partition coefficient (Wildman–Crippen LogP) is 3.05. The average molecular weight is 526 g/mol. The molecule has 0 bridgehead atoms. The number of hydrogen-bond donors (Lipinski definition) is 2. The van der Waals surface area contributed by atoms with Crippen molar-refractivity contribution in [3.05, 3.63) is 65.5 Å². The van der Waals surface area contributed by atoms with Crippen LogP contribution in [0.5, 0.6) is 0 Å². The molecule has 3 amide bonds. The predicted molar refractivity (Wildman–Crippen MR) is 147 cm³/mol. The molecule has 0 spiro atoms. The zero-order valence-corrected chi connectivity index (χ0v) is 22.5. The number of rotatable bonds is 8. The SMILES string of the molecule is CC(=O)NCCCC[C@H](N)C(=O)N1CCN(Cc2ccc(F)cc2)CCCN(C(C)=O)c2ccccc2C1. The van der Waals surface area contributed by atoms with Crippen molar-refractivity contribution >= 4 is 23.4 Å². The fourth-order valence-electron chi connectivity index (χ4n) is 4.77. The van der Waals surface area contributed by atoms with E-state index >= 15 is 0 Å². The van der Waals surface area contributed by atoms with Crippen LogP contribution in [0.2, 0.25) is 0 Å². The van der Waals surface area contributed by atoms with Gasteiger partial charge in [0.15, 0.2) is 0 Å². The summed E-state index contributed by atoms with van der Waals surface area (Å²) in [6, 6.07) is 13.5. The molecule has 1 aliphatic rings. The van der Waals surface area contributed by atoms with Crippen LogP contribution in [0.15, 0.2) is 48.5 Å². The van der Waals surface area contributed by atoms with Gasteiger partial charge < -0.3 is 20.9 Å². The third-order valence-electron chi connectivity index (χ3n) is 6.83. The van der Waals surface area contributed by atoms with Crippen molar-refractivity contribution in [2.45, 2.75) is 58.7 Å². The van der Waals surface area contributed by atoms with Crippen molar-refractivity contribution in [3.63, 3.8) is 0 Å². The van der Waals surface area contributed by atoms with Gasteiger partial charge in [0.05, 0.1) is 6.04 Å². The summed E-state index contributed by atoms with van der Waals surface area (Å²) in [5, 5.41) is 2.76. The summed E-state index contributed by atoms with van der Waals surface area (Å²) in [6.07, 6.45) is 2.77. The van der Waals surface area contributed by atoms with Gasteiger partial charge in [0.25, 0.3) is 0 Å². The molecule has 3 N–H and O–H groups in total. The van der Waals surface area contributed by atoms with E-state index in [1.54, 1.807) is 28.9 Å². The van der Waals surface area contributed by atoms with Crippen molar-refractivity contribution in [2.24, 2.45) is 5.73 Å². The van der Waals surface area contributed by atoms with Gasteiger partial charge in [-0.15, -0.1) is 0 Å². The Bertz CT molecular complexity index is 1080. The van der Waals surface area contributed by atoms with Gasteiger partial charge in [-0.1, -0.05) is 30.3 Å². The van der Waals surface area contributed by atoms with E-state index in [9.17, 15) is 18.8 Å². The van der Waals surface area contributed by atoms with E-state index in [1.165, 1.54) is 19.1 Å². The van der Waals surface area contributed by atoms with Gasteiger partial charge in [-0.2, -0.15) is 0 Å². The standard InChI is InChI=1S/C29H40FN5O3/c1-22(36)32-15-6-5-9-27(31)29(38)34-19-18-33(20-24-11-13-26(30)14-12-24)16-7-17-35(23(2)37)28-10-4-3-8-25(28)21-34/h3-4,8,10-14,27H,5-7,9,15-21,31H2,1-2H3,(H,32,36)/t27-/m0/s1. The highest BCUT2D eigenvalue weighted by molar-refractivity contribution is 5.92. The monoisotopic (exact) mass is 525 g/mol. The van der Waals surface area contributed by atoms with E-state index in [0.29, 0.717) is 45.7 Å². The molecule has 9 heteroatoms. The minimum atomic E-state index is -0.654. The van der Waals surface area contributed by atoms with Crippen LogP contribution in [0.25, 0.3) is 0 Å². The number of unbranched alkanes of at least 4 members (excludes halogenated alkanes) is 1. The number of carbonyl (C=O) groups excluding carboxylic acids is 3. The molecule has 0 saturated heterocycles. The van der Waals surface area contributed by atoms with Gasteiger partial charge in [0.1, 0.15) is 5.82 Å². The first-order valence-corrected chi connectivity index (χ1v) is 13.4. The second kappa shape index (κ2) is 14.6. The van der Waals surface area contributed by atoms with E-state index in [2.05, 4.69) is 10.2 Å². The number of nitrogens with two attached hydrogens (primary N) is 1. The lowest BCUT2D eigenvalue weighted by Gasteiger charge is -2.30. The lowest BCUT2D eigenvalue weighted by molar-refractivity contribution is -0.133. The molecule has 0 aromatic heterocycles. The molecular weight excluding hydrogens is 485 g/mol. The van der Waals surface area contributed by atoms with Crippen LogP contribution < -0.4 is 16.0 Å². The molecule has 2 aromatic rings. The molecule has 2 aromatic carbocycles. The second-order valence-corrected chi connectivity index (χ2v) is 9.90. The quantitative estimate of drug-likeness (QED) is 0.516. The van der Waals surface area contributed by atoms with Crippen LogP contribution >= 0.6 is 0 Å². The molecule has 0 aliphatic carbocycles. The molecule has 1 heterocycles. The summed E-state index contributed by atoms with van der Waals surface area (Å²) < 4.78 is 13.4. The summed E-state index contributed by atoms with van der Waals surface area (Å²) in [4.78, 5) is 43.0. The first-order valence-electron chi connectivity index (χ1n) is 13.4. The summed E-state index contributed by atoms with van der Waals surface area (Å²) in [5.41, 5.74) is 9.06. The third-order valence-corrected chi connectivity index (χ3v) is 6.83. The number of amides is 3. The largest absolute Gasteiger partial charge is 0.356 e. The van der Waals surface area contributed by atoms with Crippen LogP contribution in [-0.4, -0.2) is 66.3 Å². The highest BCUT2D eigenvalue weighted by atomic mass is 19.1. The third kappa shape index (κ3) is 8.92. The maximum Gasteiger partial charge on any atom is 0.239 e. The van der Waals surface area contributed by atoms with E-state index in [0.717, 1.165) is 42.6 Å². The molecule has 206 valence electrons. The molecule has 0 radical (unpaired) electrons. The van der Waals surface area contributed by atoms with Gasteiger partial charge >= 0.3 is 0 Å². The van der Waals surface area contributed by atoms with Gasteiger partial charge in [0, 0.05) is 65.3 Å². The van der Waals surface area contributed by atoms with E-state index < -0.39 is 6.04 Å². The number of anilines is 1. The number of fused-ring (bicyclic) bond motifs is 1. The molecule has 8 nitrogen and oxygen atoms in total. The molecule has 1 atom stereocenters. The normalized spacial score (nSPS) is 15.8. The Balaban J connectivity index is 1.79. The Labute approximate surface area is 225 Å². The molecule has 0 unspecified atom stereocenters. The van der Waals surface area contributed by atoms with Gasteiger partial charge in [-0.3, -0.25) is 19.3 Å². The Morgan fingerprint density at radius 3 is 2.42 bits per heavy atom. The van der Waals surface area contributed by atoms with Crippen LogP contribution in [0, 0.1) is 5.82 Å². The number of nitrogens with zero attached hydrogens (tertiary/aromatic N) is 3. The fourth-order valence-corrected chi connectivity index (χ4v) is 4.77. The smallest absolute Gasteiger partial charge is 0.239 e. The van der Waals surface area contributed by atoms with Crippen molar-refractivity contribution in [3.8, 4) is 0 Å². The first-order chi connectivity index (χ1) is 18.2. The van der Waals surface area contributed by atoms with E-state index in [-0.39, 0.29) is 23.5 Å². The van der Waals surface area contributed by atoms with Crippen molar-refractivity contribution in [2.75, 3.05) is 37.6 Å². The molecule has 3 rings (SSSR count). The Morgan fingerprint density at radius 2 is 1.71 bits per heavy atom. The highest BCUT2D eigenvalue weighted by Crippen LogP contribution is 2.24. The zero-order valence-electron chi connectivity index (χ0n) is 22.5. The number of carbonyl (C=O) groups is 3. The van der Waals surface area contributed by atoms with E-state index in [4.69, 9.17) is 5.73 Å². The lowest BCUT2D eigenvalue weighted by atomic mass is 10.1. The number of nitrogens with one attached hydrogen (secondary N) is 1. The fraction of sp³-hybridized carbons (Fsp3) is 0.483. The van der Waals surface area contributed by atoms with Crippen LogP contribution in [0.4, 0.5) is 10.1 Å².